The second kappa shape index (κ2) is 6.83. The molecule has 0 aliphatic heterocycles. The number of allylic oxidation sites excluding steroid dienone is 2. The largest absolute Gasteiger partial charge is 0.497 e. The van der Waals surface area contributed by atoms with E-state index in [4.69, 9.17) is 9.47 Å². The summed E-state index contributed by atoms with van der Waals surface area (Å²) in [7, 11) is -8.53. The predicted octanol–water partition coefficient (Wildman–Crippen LogP) is 1.18. The number of carbonyl (C=O) groups excluding carboxylic acids is 1. The van der Waals surface area contributed by atoms with E-state index in [2.05, 4.69) is 0 Å². The van der Waals surface area contributed by atoms with Gasteiger partial charge in [0.15, 0.2) is 11.5 Å². The van der Waals surface area contributed by atoms with Crippen LogP contribution in [0.2, 0.25) is 0 Å². The average molecular weight is 404 g/mol. The number of carbonyl (C=O) groups is 1. The number of benzene rings is 1. The number of ether oxygens (including phenoxy) is 2. The lowest BCUT2D eigenvalue weighted by Crippen LogP contribution is -2.47. The summed E-state index contributed by atoms with van der Waals surface area (Å²) in [6.07, 6.45) is -0.510. The standard InChI is InChI=1S/C15H16O9S2/c1-23-12-9-15(25(17,18)19,26(20,21)22)8-11(14(12)24-2)13(16)10-6-4-3-5-7-10/h3-8H,9H2,1-2H3,(H,17,18,19)(H,20,21,22). The second-order valence-corrected chi connectivity index (χ2v) is 8.97. The lowest BCUT2D eigenvalue weighted by Gasteiger charge is -2.30. The normalized spacial score (nSPS) is 17.5. The van der Waals surface area contributed by atoms with E-state index in [0.717, 1.165) is 7.11 Å². The summed E-state index contributed by atoms with van der Waals surface area (Å²) in [5.74, 6) is -1.33. The van der Waals surface area contributed by atoms with E-state index in [9.17, 15) is 30.7 Å². The highest BCUT2D eigenvalue weighted by molar-refractivity contribution is 8.05. The van der Waals surface area contributed by atoms with E-state index in [1.54, 1.807) is 18.2 Å². The van der Waals surface area contributed by atoms with E-state index < -0.39 is 42.1 Å². The van der Waals surface area contributed by atoms with Crippen LogP contribution >= 0.6 is 0 Å². The molecule has 1 aromatic carbocycles. The maximum atomic E-state index is 12.8. The number of rotatable bonds is 6. The van der Waals surface area contributed by atoms with Crippen molar-refractivity contribution in [3.8, 4) is 0 Å². The molecule has 0 radical (unpaired) electrons. The topological polar surface area (TPSA) is 144 Å². The fourth-order valence-corrected chi connectivity index (χ4v) is 4.78. The van der Waals surface area contributed by atoms with Gasteiger partial charge in [-0.2, -0.15) is 16.8 Å². The number of methoxy groups -OCH3 is 2. The second-order valence-electron chi connectivity index (χ2n) is 5.35. The molecule has 0 heterocycles. The van der Waals surface area contributed by atoms with Crippen LogP contribution in [0.4, 0.5) is 0 Å². The van der Waals surface area contributed by atoms with Gasteiger partial charge in [-0.1, -0.05) is 30.3 Å². The molecule has 1 aliphatic rings. The van der Waals surface area contributed by atoms with E-state index >= 15 is 0 Å². The van der Waals surface area contributed by atoms with Crippen LogP contribution in [0.1, 0.15) is 16.8 Å². The number of ketones is 1. The molecule has 0 fully saturated rings. The van der Waals surface area contributed by atoms with Gasteiger partial charge in [-0.15, -0.1) is 0 Å². The molecular formula is C15H16O9S2. The fraction of sp³-hybridized carbons (Fsp3) is 0.267. The highest BCUT2D eigenvalue weighted by Gasteiger charge is 2.57. The maximum Gasteiger partial charge on any atom is 0.292 e. The lowest BCUT2D eigenvalue weighted by molar-refractivity contribution is 0.102. The van der Waals surface area contributed by atoms with Gasteiger partial charge in [-0.05, 0) is 6.08 Å². The zero-order valence-corrected chi connectivity index (χ0v) is 15.4. The SMILES string of the molecule is COC1=C(OC)C(C(=O)c2ccccc2)=CC(S(=O)(=O)O)(S(=O)(=O)O)C1. The Hall–Kier alpha value is -2.21. The average Bonchev–Trinajstić information content (AvgIpc) is 2.58. The molecule has 26 heavy (non-hydrogen) atoms. The van der Waals surface area contributed by atoms with Crippen LogP contribution < -0.4 is 0 Å². The van der Waals surface area contributed by atoms with Gasteiger partial charge in [-0.3, -0.25) is 13.9 Å². The van der Waals surface area contributed by atoms with Gasteiger partial charge in [0.05, 0.1) is 26.2 Å². The zero-order chi connectivity index (χ0) is 19.8. The van der Waals surface area contributed by atoms with Crippen molar-refractivity contribution >= 4 is 26.0 Å². The Morgan fingerprint density at radius 3 is 1.96 bits per heavy atom. The molecule has 2 N–H and O–H groups in total. The number of hydrogen-bond acceptors (Lipinski definition) is 7. The highest BCUT2D eigenvalue weighted by Crippen LogP contribution is 2.41. The van der Waals surface area contributed by atoms with Crippen LogP contribution in [-0.2, 0) is 29.7 Å². The Morgan fingerprint density at radius 2 is 1.54 bits per heavy atom. The maximum absolute atomic E-state index is 12.8. The first-order chi connectivity index (χ1) is 12.0. The summed E-state index contributed by atoms with van der Waals surface area (Å²) in [6, 6.07) is 7.56. The minimum absolute atomic E-state index is 0.102. The van der Waals surface area contributed by atoms with Gasteiger partial charge in [0.2, 0.25) is 4.08 Å². The van der Waals surface area contributed by atoms with E-state index in [1.165, 1.54) is 19.2 Å². The van der Waals surface area contributed by atoms with Crippen molar-refractivity contribution in [2.45, 2.75) is 10.5 Å². The Kier molecular flexibility index (Phi) is 5.29. The van der Waals surface area contributed by atoms with Crippen molar-refractivity contribution in [1.29, 1.82) is 0 Å². The fourth-order valence-electron chi connectivity index (χ4n) is 2.56. The molecule has 142 valence electrons. The zero-order valence-electron chi connectivity index (χ0n) is 13.7. The Labute approximate surface area is 150 Å². The third kappa shape index (κ3) is 3.26. The molecule has 0 spiro atoms. The van der Waals surface area contributed by atoms with Crippen LogP contribution in [0.3, 0.4) is 0 Å². The quantitative estimate of drug-likeness (QED) is 0.527. The molecular weight excluding hydrogens is 388 g/mol. The van der Waals surface area contributed by atoms with Crippen molar-refractivity contribution in [2.24, 2.45) is 0 Å². The summed E-state index contributed by atoms with van der Waals surface area (Å²) in [5.41, 5.74) is -0.387. The lowest BCUT2D eigenvalue weighted by atomic mass is 9.95. The molecule has 1 aliphatic carbocycles. The molecule has 0 saturated heterocycles. The Morgan fingerprint density at radius 1 is 1.00 bits per heavy atom. The first kappa shape index (κ1) is 20.1. The minimum atomic E-state index is -5.40. The Balaban J connectivity index is 2.84. The molecule has 0 amide bonds. The van der Waals surface area contributed by atoms with Crippen LogP contribution in [0, 0.1) is 0 Å². The van der Waals surface area contributed by atoms with Crippen LogP contribution in [0.25, 0.3) is 0 Å². The number of Topliss-reactive ketones (excluding diaryl/α,β-unsaturated/α-hetero) is 1. The summed E-state index contributed by atoms with van der Waals surface area (Å²) in [4.78, 5) is 12.8. The van der Waals surface area contributed by atoms with Gasteiger partial charge in [0.1, 0.15) is 5.76 Å². The van der Waals surface area contributed by atoms with Gasteiger partial charge >= 0.3 is 0 Å². The van der Waals surface area contributed by atoms with E-state index in [0.29, 0.717) is 6.08 Å². The molecule has 0 saturated carbocycles. The summed E-state index contributed by atoms with van der Waals surface area (Å²) in [5, 5.41) is 0. The predicted molar refractivity (Wildman–Crippen MR) is 90.3 cm³/mol. The Bertz CT molecular complexity index is 955. The molecule has 0 aromatic heterocycles. The molecule has 9 nitrogen and oxygen atoms in total. The van der Waals surface area contributed by atoms with Crippen LogP contribution in [0.5, 0.6) is 0 Å². The van der Waals surface area contributed by atoms with Crippen LogP contribution in [-0.4, -0.2) is 50.0 Å². The molecule has 2 rings (SSSR count). The highest BCUT2D eigenvalue weighted by atomic mass is 32.3. The van der Waals surface area contributed by atoms with Crippen molar-refractivity contribution < 1.29 is 40.2 Å². The smallest absolute Gasteiger partial charge is 0.292 e. The van der Waals surface area contributed by atoms with Gasteiger partial charge in [0, 0.05) is 5.56 Å². The first-order valence-corrected chi connectivity index (χ1v) is 9.94. The van der Waals surface area contributed by atoms with Crippen molar-refractivity contribution in [2.75, 3.05) is 14.2 Å². The molecule has 0 bridgehead atoms. The molecule has 11 heteroatoms. The van der Waals surface area contributed by atoms with E-state index in [1.807, 2.05) is 0 Å². The van der Waals surface area contributed by atoms with Gasteiger partial charge in [-0.25, -0.2) is 0 Å². The summed E-state index contributed by atoms with van der Waals surface area (Å²) in [6.45, 7) is 0. The first-order valence-electron chi connectivity index (χ1n) is 7.06. The van der Waals surface area contributed by atoms with Crippen LogP contribution in [0.15, 0.2) is 53.5 Å². The summed E-state index contributed by atoms with van der Waals surface area (Å²) >= 11 is 0. The molecule has 0 atom stereocenters. The van der Waals surface area contributed by atoms with Crippen molar-refractivity contribution in [1.82, 2.24) is 0 Å². The molecule has 1 aromatic rings. The van der Waals surface area contributed by atoms with Gasteiger partial charge < -0.3 is 9.47 Å². The number of hydrogen-bond donors (Lipinski definition) is 2. The molecule has 0 unspecified atom stereocenters. The third-order valence-electron chi connectivity index (χ3n) is 3.87. The minimum Gasteiger partial charge on any atom is -0.497 e. The van der Waals surface area contributed by atoms with Gasteiger partial charge in [0.25, 0.3) is 20.2 Å². The van der Waals surface area contributed by atoms with E-state index in [-0.39, 0.29) is 17.1 Å². The monoisotopic (exact) mass is 404 g/mol. The van der Waals surface area contributed by atoms with Crippen molar-refractivity contribution in [3.63, 3.8) is 0 Å². The third-order valence-corrected chi connectivity index (χ3v) is 7.41. The van der Waals surface area contributed by atoms with Crippen molar-refractivity contribution in [3.05, 3.63) is 59.1 Å². The summed E-state index contributed by atoms with van der Waals surface area (Å²) < 4.78 is 73.3.